The third-order valence-electron chi connectivity index (χ3n) is 9.30. The minimum atomic E-state index is -0.701. The molecule has 4 aromatic carbocycles. The number of carbonyl (C=O) groups is 4. The molecule has 3 amide bonds. The number of thioether (sulfide) groups is 1. The van der Waals surface area contributed by atoms with Crippen molar-refractivity contribution in [2.45, 2.75) is 42.2 Å². The second-order valence-electron chi connectivity index (χ2n) is 13.1. The van der Waals surface area contributed by atoms with Gasteiger partial charge >= 0.3 is 5.97 Å². The van der Waals surface area contributed by atoms with Crippen molar-refractivity contribution >= 4 is 74.9 Å². The summed E-state index contributed by atoms with van der Waals surface area (Å²) in [7, 11) is 0. The first kappa shape index (κ1) is 38.5. The van der Waals surface area contributed by atoms with Crippen LogP contribution in [0.1, 0.15) is 71.7 Å². The predicted octanol–water partition coefficient (Wildman–Crippen LogP) is 10.1. The number of esters is 1. The van der Waals surface area contributed by atoms with Crippen molar-refractivity contribution in [1.82, 2.24) is 5.32 Å². The van der Waals surface area contributed by atoms with Crippen LogP contribution in [0.25, 0.3) is 6.08 Å². The number of benzene rings is 4. The molecule has 0 radical (unpaired) electrons. The van der Waals surface area contributed by atoms with Gasteiger partial charge in [-0.1, -0.05) is 91.0 Å². The van der Waals surface area contributed by atoms with Crippen LogP contribution in [0.3, 0.4) is 0 Å². The molecular weight excluding hydrogens is 759 g/mol. The van der Waals surface area contributed by atoms with E-state index in [0.717, 1.165) is 38.6 Å². The van der Waals surface area contributed by atoms with Crippen LogP contribution in [0.2, 0.25) is 0 Å². The summed E-state index contributed by atoms with van der Waals surface area (Å²) in [5.74, 6) is -1.30. The van der Waals surface area contributed by atoms with Gasteiger partial charge in [0.2, 0.25) is 5.91 Å². The number of nitrogens with one attached hydrogen (secondary N) is 3. The largest absolute Gasteiger partial charge is 0.462 e. The van der Waals surface area contributed by atoms with Crippen LogP contribution in [0.5, 0.6) is 0 Å². The molecule has 2 unspecified atom stereocenters. The maximum absolute atomic E-state index is 14.4. The van der Waals surface area contributed by atoms with Crippen molar-refractivity contribution in [3.63, 3.8) is 0 Å². The first-order chi connectivity index (χ1) is 27.4. The Bertz CT molecular complexity index is 2340. The molecule has 6 aromatic rings. The first-order valence-corrected chi connectivity index (χ1v) is 20.9. The maximum atomic E-state index is 14.4. The average Bonchev–Trinajstić information content (AvgIpc) is 3.88. The van der Waals surface area contributed by atoms with Gasteiger partial charge in [0.15, 0.2) is 0 Å². The van der Waals surface area contributed by atoms with E-state index in [1.807, 2.05) is 78.2 Å². The fraction of sp³-hybridized carbons (Fsp3) is 0.156. The minimum Gasteiger partial charge on any atom is -0.462 e. The van der Waals surface area contributed by atoms with Gasteiger partial charge in [0.25, 0.3) is 11.8 Å². The van der Waals surface area contributed by atoms with Crippen LogP contribution >= 0.6 is 34.4 Å². The summed E-state index contributed by atoms with van der Waals surface area (Å²) in [6.45, 7) is 2.00. The van der Waals surface area contributed by atoms with Gasteiger partial charge in [-0.3, -0.25) is 14.4 Å². The van der Waals surface area contributed by atoms with Crippen LogP contribution in [0.4, 0.5) is 10.7 Å². The van der Waals surface area contributed by atoms with E-state index in [4.69, 9.17) is 4.74 Å². The summed E-state index contributed by atoms with van der Waals surface area (Å²) >= 11 is 4.23. The standard InChI is InChI=1S/C45H39N3O5S3/c1-2-53-45(52)39-36-24-23-32(29-14-6-3-7-15-29)26-38(36)56-44(39)48-43(51)40(30-16-8-4-9-17-30)55-35-21-12-20-33(27-35)46-42(50)37(28-34-22-13-25-54-34)47-41(49)31-18-10-5-11-19-31/h3-22,25,27-28,32,40H,2,23-24,26H2,1H3,(H,46,50)(H,47,49)(H,48,51)/b37-28-. The molecule has 0 spiro atoms. The molecule has 2 aromatic heterocycles. The van der Waals surface area contributed by atoms with Gasteiger partial charge in [0.05, 0.1) is 12.2 Å². The lowest BCUT2D eigenvalue weighted by atomic mass is 9.83. The highest BCUT2D eigenvalue weighted by atomic mass is 32.2. The van der Waals surface area contributed by atoms with E-state index in [0.29, 0.717) is 34.2 Å². The lowest BCUT2D eigenvalue weighted by Gasteiger charge is -2.23. The predicted molar refractivity (Wildman–Crippen MR) is 226 cm³/mol. The normalized spacial score (nSPS) is 14.2. The molecule has 2 atom stereocenters. The number of carbonyl (C=O) groups excluding carboxylic acids is 4. The zero-order valence-electron chi connectivity index (χ0n) is 30.5. The number of anilines is 2. The zero-order chi connectivity index (χ0) is 38.9. The zero-order valence-corrected chi connectivity index (χ0v) is 33.0. The second-order valence-corrected chi connectivity index (χ2v) is 16.3. The van der Waals surface area contributed by atoms with Gasteiger partial charge in [-0.25, -0.2) is 4.79 Å². The molecule has 0 bridgehead atoms. The topological polar surface area (TPSA) is 114 Å². The van der Waals surface area contributed by atoms with Gasteiger partial charge in [-0.2, -0.15) is 0 Å². The third kappa shape index (κ3) is 9.36. The number of ether oxygens (including phenoxy) is 1. The molecule has 11 heteroatoms. The van der Waals surface area contributed by atoms with E-state index in [-0.39, 0.29) is 18.2 Å². The third-order valence-corrected chi connectivity index (χ3v) is 12.5. The van der Waals surface area contributed by atoms with Gasteiger partial charge < -0.3 is 20.7 Å². The Balaban J connectivity index is 1.12. The van der Waals surface area contributed by atoms with Crippen molar-refractivity contribution in [2.24, 2.45) is 0 Å². The summed E-state index contributed by atoms with van der Waals surface area (Å²) in [6, 6.07) is 39.5. The van der Waals surface area contributed by atoms with E-state index in [2.05, 4.69) is 28.1 Å². The van der Waals surface area contributed by atoms with Gasteiger partial charge in [0.1, 0.15) is 15.9 Å². The number of rotatable bonds is 13. The summed E-state index contributed by atoms with van der Waals surface area (Å²) in [5, 5.41) is 10.5. The summed E-state index contributed by atoms with van der Waals surface area (Å²) < 4.78 is 5.51. The number of fused-ring (bicyclic) bond motifs is 1. The lowest BCUT2D eigenvalue weighted by molar-refractivity contribution is -0.116. The Morgan fingerprint density at radius 2 is 1.59 bits per heavy atom. The SMILES string of the molecule is CCOC(=O)c1c(NC(=O)C(Sc2cccc(NC(=O)/C(=C/c3cccs3)NC(=O)c3ccccc3)c2)c2ccccc2)sc2c1CCC(c1ccccc1)C2. The van der Waals surface area contributed by atoms with E-state index < -0.39 is 23.0 Å². The van der Waals surface area contributed by atoms with Crippen molar-refractivity contribution < 1.29 is 23.9 Å². The number of hydrogen-bond donors (Lipinski definition) is 3. The molecule has 3 N–H and O–H groups in total. The summed E-state index contributed by atoms with van der Waals surface area (Å²) in [4.78, 5) is 57.2. The van der Waals surface area contributed by atoms with E-state index >= 15 is 0 Å². The molecule has 7 rings (SSSR count). The quantitative estimate of drug-likeness (QED) is 0.0609. The molecule has 1 aliphatic carbocycles. The number of hydrogen-bond acceptors (Lipinski definition) is 8. The highest BCUT2D eigenvalue weighted by Gasteiger charge is 2.32. The van der Waals surface area contributed by atoms with E-state index in [1.54, 1.807) is 55.5 Å². The van der Waals surface area contributed by atoms with E-state index in [9.17, 15) is 19.2 Å². The Labute approximate surface area is 338 Å². The highest BCUT2D eigenvalue weighted by Crippen LogP contribution is 2.44. The van der Waals surface area contributed by atoms with Crippen LogP contribution < -0.4 is 16.0 Å². The van der Waals surface area contributed by atoms with Crippen molar-refractivity contribution in [3.05, 3.63) is 176 Å². The van der Waals surface area contributed by atoms with Crippen molar-refractivity contribution in [1.29, 1.82) is 0 Å². The summed E-state index contributed by atoms with van der Waals surface area (Å²) in [5.41, 5.74) is 4.44. The van der Waals surface area contributed by atoms with Crippen molar-refractivity contribution in [2.75, 3.05) is 17.2 Å². The maximum Gasteiger partial charge on any atom is 0.341 e. The van der Waals surface area contributed by atoms with Crippen molar-refractivity contribution in [3.8, 4) is 0 Å². The average molecular weight is 798 g/mol. The fourth-order valence-electron chi connectivity index (χ4n) is 6.62. The summed E-state index contributed by atoms with van der Waals surface area (Å²) in [6.07, 6.45) is 4.03. The van der Waals surface area contributed by atoms with E-state index in [1.165, 1.54) is 40.0 Å². The van der Waals surface area contributed by atoms with Crippen LogP contribution in [-0.4, -0.2) is 30.3 Å². The van der Waals surface area contributed by atoms with Gasteiger partial charge in [-0.05, 0) is 96.6 Å². The Morgan fingerprint density at radius 1 is 0.857 bits per heavy atom. The molecule has 1 aliphatic rings. The Hall–Kier alpha value is -5.75. The smallest absolute Gasteiger partial charge is 0.341 e. The molecular formula is C45H39N3O5S3. The molecule has 0 saturated carbocycles. The lowest BCUT2D eigenvalue weighted by Crippen LogP contribution is -2.30. The molecule has 0 aliphatic heterocycles. The Morgan fingerprint density at radius 3 is 2.30 bits per heavy atom. The molecule has 8 nitrogen and oxygen atoms in total. The van der Waals surface area contributed by atoms with Crippen LogP contribution in [0, 0.1) is 0 Å². The molecule has 282 valence electrons. The first-order valence-electron chi connectivity index (χ1n) is 18.3. The molecule has 2 heterocycles. The van der Waals surface area contributed by atoms with Crippen LogP contribution in [-0.2, 0) is 27.2 Å². The van der Waals surface area contributed by atoms with Gasteiger partial charge in [-0.15, -0.1) is 34.4 Å². The number of amides is 3. The monoisotopic (exact) mass is 797 g/mol. The second kappa shape index (κ2) is 18.3. The minimum absolute atomic E-state index is 0.0898. The van der Waals surface area contributed by atoms with Gasteiger partial charge in [0, 0.05) is 25.9 Å². The fourth-order valence-corrected chi connectivity index (χ4v) is 9.68. The molecule has 0 saturated heterocycles. The van der Waals surface area contributed by atoms with Crippen LogP contribution in [0.15, 0.2) is 143 Å². The molecule has 0 fully saturated rings. The highest BCUT2D eigenvalue weighted by molar-refractivity contribution is 8.00. The number of thiophene rings is 2. The Kier molecular flexibility index (Phi) is 12.6. The molecule has 56 heavy (non-hydrogen) atoms.